The number of carbonyl (C=O) groups excluding carboxylic acids is 1. The van der Waals surface area contributed by atoms with E-state index < -0.39 is 15.8 Å². The van der Waals surface area contributed by atoms with Gasteiger partial charge in [-0.3, -0.25) is 9.69 Å². The van der Waals surface area contributed by atoms with Gasteiger partial charge in [0.2, 0.25) is 15.9 Å². The molecule has 144 valence electrons. The number of benzene rings is 2. The van der Waals surface area contributed by atoms with Crippen molar-refractivity contribution < 1.29 is 17.6 Å². The lowest BCUT2D eigenvalue weighted by Crippen LogP contribution is -2.50. The highest BCUT2D eigenvalue weighted by Gasteiger charge is 2.27. The molecular weight excluding hydrogens is 369 g/mol. The second-order valence-electron chi connectivity index (χ2n) is 6.48. The molecule has 1 aliphatic rings. The molecule has 1 N–H and O–H groups in total. The van der Waals surface area contributed by atoms with Gasteiger partial charge in [0.1, 0.15) is 5.82 Å². The average molecular weight is 391 g/mol. The van der Waals surface area contributed by atoms with Gasteiger partial charge in [0.25, 0.3) is 0 Å². The maximum Gasteiger partial charge on any atom is 0.238 e. The molecule has 27 heavy (non-hydrogen) atoms. The van der Waals surface area contributed by atoms with Crippen LogP contribution in [0.3, 0.4) is 0 Å². The molecule has 1 aliphatic heterocycles. The van der Waals surface area contributed by atoms with Crippen LogP contribution in [0.15, 0.2) is 54.6 Å². The number of hydrogen-bond acceptors (Lipinski definition) is 4. The largest absolute Gasteiger partial charge is 0.325 e. The van der Waals surface area contributed by atoms with Gasteiger partial charge in [0.05, 0.1) is 12.3 Å². The Bertz CT molecular complexity index is 882. The Balaban J connectivity index is 1.49. The van der Waals surface area contributed by atoms with Crippen LogP contribution < -0.4 is 5.32 Å². The number of amides is 1. The number of piperazine rings is 1. The van der Waals surface area contributed by atoms with Crippen LogP contribution in [0.4, 0.5) is 10.1 Å². The van der Waals surface area contributed by atoms with Gasteiger partial charge >= 0.3 is 0 Å². The number of halogens is 1. The van der Waals surface area contributed by atoms with Crippen molar-refractivity contribution in [1.29, 1.82) is 0 Å². The maximum absolute atomic E-state index is 13.2. The molecule has 1 fully saturated rings. The van der Waals surface area contributed by atoms with E-state index >= 15 is 0 Å². The molecule has 1 amide bonds. The maximum atomic E-state index is 13.2. The van der Waals surface area contributed by atoms with Gasteiger partial charge in [-0.25, -0.2) is 12.8 Å². The van der Waals surface area contributed by atoms with Crippen molar-refractivity contribution >= 4 is 21.6 Å². The summed E-state index contributed by atoms with van der Waals surface area (Å²) < 4.78 is 39.7. The van der Waals surface area contributed by atoms with E-state index in [1.807, 2.05) is 23.1 Å². The Kier molecular flexibility index (Phi) is 6.20. The standard InChI is InChI=1S/C19H22FN3O3S/c20-17-7-4-8-18(13-17)21-19(24)14-22-9-11-23(12-10-22)27(25,26)15-16-5-2-1-3-6-16/h1-8,13H,9-12,14-15H2,(H,21,24). The van der Waals surface area contributed by atoms with Gasteiger partial charge in [-0.05, 0) is 23.8 Å². The van der Waals surface area contributed by atoms with E-state index in [2.05, 4.69) is 5.32 Å². The van der Waals surface area contributed by atoms with Crippen molar-refractivity contribution in [3.05, 3.63) is 66.0 Å². The monoisotopic (exact) mass is 391 g/mol. The van der Waals surface area contributed by atoms with Gasteiger partial charge in [-0.15, -0.1) is 0 Å². The van der Waals surface area contributed by atoms with E-state index in [1.165, 1.54) is 22.5 Å². The molecule has 0 aromatic heterocycles. The SMILES string of the molecule is O=C(CN1CCN(S(=O)(=O)Cc2ccccc2)CC1)Nc1cccc(F)c1. The van der Waals surface area contributed by atoms with Crippen molar-refractivity contribution in [3.8, 4) is 0 Å². The van der Waals surface area contributed by atoms with Gasteiger partial charge in [0, 0.05) is 31.9 Å². The zero-order chi connectivity index (χ0) is 19.3. The van der Waals surface area contributed by atoms with Crippen LogP contribution >= 0.6 is 0 Å². The van der Waals surface area contributed by atoms with Gasteiger partial charge < -0.3 is 5.32 Å². The van der Waals surface area contributed by atoms with Crippen LogP contribution in [-0.4, -0.2) is 56.3 Å². The summed E-state index contributed by atoms with van der Waals surface area (Å²) >= 11 is 0. The van der Waals surface area contributed by atoms with Crippen molar-refractivity contribution in [2.45, 2.75) is 5.75 Å². The van der Waals surface area contributed by atoms with E-state index in [0.29, 0.717) is 31.9 Å². The number of carbonyl (C=O) groups is 1. The van der Waals surface area contributed by atoms with Crippen LogP contribution in [0, 0.1) is 5.82 Å². The number of nitrogens with one attached hydrogen (secondary N) is 1. The molecule has 0 bridgehead atoms. The fraction of sp³-hybridized carbons (Fsp3) is 0.316. The number of anilines is 1. The average Bonchev–Trinajstić information content (AvgIpc) is 2.62. The fourth-order valence-corrected chi connectivity index (χ4v) is 4.53. The second-order valence-corrected chi connectivity index (χ2v) is 8.44. The van der Waals surface area contributed by atoms with E-state index in [-0.39, 0.29) is 18.2 Å². The first-order valence-corrected chi connectivity index (χ1v) is 10.3. The summed E-state index contributed by atoms with van der Waals surface area (Å²) in [6, 6.07) is 14.8. The normalized spacial score (nSPS) is 16.2. The predicted octanol–water partition coefficient (Wildman–Crippen LogP) is 1.91. The van der Waals surface area contributed by atoms with Crippen LogP contribution in [0.5, 0.6) is 0 Å². The summed E-state index contributed by atoms with van der Waals surface area (Å²) in [5.74, 6) is -0.681. The lowest BCUT2D eigenvalue weighted by atomic mass is 10.2. The van der Waals surface area contributed by atoms with E-state index in [4.69, 9.17) is 0 Å². The lowest BCUT2D eigenvalue weighted by molar-refractivity contribution is -0.117. The zero-order valence-electron chi connectivity index (χ0n) is 14.8. The summed E-state index contributed by atoms with van der Waals surface area (Å²) in [5.41, 5.74) is 1.17. The van der Waals surface area contributed by atoms with Crippen molar-refractivity contribution in [1.82, 2.24) is 9.21 Å². The number of sulfonamides is 1. The molecular formula is C19H22FN3O3S. The Morgan fingerprint density at radius 3 is 2.37 bits per heavy atom. The minimum Gasteiger partial charge on any atom is -0.325 e. The van der Waals surface area contributed by atoms with E-state index in [0.717, 1.165) is 5.56 Å². The summed E-state index contributed by atoms with van der Waals surface area (Å²) in [7, 11) is -3.38. The van der Waals surface area contributed by atoms with E-state index in [1.54, 1.807) is 18.2 Å². The van der Waals surface area contributed by atoms with Crippen LogP contribution in [0.1, 0.15) is 5.56 Å². The van der Waals surface area contributed by atoms with Crippen molar-refractivity contribution in [3.63, 3.8) is 0 Å². The Labute approximate surface area is 158 Å². The first kappa shape index (κ1) is 19.5. The lowest BCUT2D eigenvalue weighted by Gasteiger charge is -2.33. The molecule has 6 nitrogen and oxygen atoms in total. The number of nitrogens with zero attached hydrogens (tertiary/aromatic N) is 2. The van der Waals surface area contributed by atoms with Gasteiger partial charge in [-0.2, -0.15) is 4.31 Å². The number of rotatable bonds is 6. The second kappa shape index (κ2) is 8.60. The molecule has 0 aliphatic carbocycles. The summed E-state index contributed by atoms with van der Waals surface area (Å²) in [6.45, 7) is 1.79. The smallest absolute Gasteiger partial charge is 0.238 e. The topological polar surface area (TPSA) is 69.7 Å². The zero-order valence-corrected chi connectivity index (χ0v) is 15.7. The van der Waals surface area contributed by atoms with E-state index in [9.17, 15) is 17.6 Å². The highest BCUT2D eigenvalue weighted by atomic mass is 32.2. The minimum absolute atomic E-state index is 0.0199. The molecule has 0 radical (unpaired) electrons. The highest BCUT2D eigenvalue weighted by Crippen LogP contribution is 2.14. The van der Waals surface area contributed by atoms with Crippen LogP contribution in [-0.2, 0) is 20.6 Å². The molecule has 0 spiro atoms. The first-order chi connectivity index (χ1) is 12.9. The summed E-state index contributed by atoms with van der Waals surface area (Å²) in [5, 5.41) is 2.65. The third-order valence-electron chi connectivity index (χ3n) is 4.39. The Hall–Kier alpha value is -2.29. The molecule has 1 saturated heterocycles. The Morgan fingerprint density at radius 2 is 1.70 bits per heavy atom. The number of hydrogen-bond donors (Lipinski definition) is 1. The third kappa shape index (κ3) is 5.59. The molecule has 2 aromatic rings. The van der Waals surface area contributed by atoms with Crippen LogP contribution in [0.2, 0.25) is 0 Å². The minimum atomic E-state index is -3.38. The molecule has 0 unspecified atom stereocenters. The highest BCUT2D eigenvalue weighted by molar-refractivity contribution is 7.88. The van der Waals surface area contributed by atoms with Gasteiger partial charge in [-0.1, -0.05) is 36.4 Å². The first-order valence-electron chi connectivity index (χ1n) is 8.72. The third-order valence-corrected chi connectivity index (χ3v) is 6.24. The summed E-state index contributed by atoms with van der Waals surface area (Å²) in [4.78, 5) is 14.0. The quantitative estimate of drug-likeness (QED) is 0.817. The van der Waals surface area contributed by atoms with Crippen LogP contribution in [0.25, 0.3) is 0 Å². The molecule has 0 saturated carbocycles. The molecule has 8 heteroatoms. The molecule has 2 aromatic carbocycles. The summed E-state index contributed by atoms with van der Waals surface area (Å²) in [6.07, 6.45) is 0. The fourth-order valence-electron chi connectivity index (χ4n) is 3.01. The molecule has 0 atom stereocenters. The van der Waals surface area contributed by atoms with Crippen molar-refractivity contribution in [2.24, 2.45) is 0 Å². The van der Waals surface area contributed by atoms with Crippen molar-refractivity contribution in [2.75, 3.05) is 38.0 Å². The molecule has 1 heterocycles. The predicted molar refractivity (Wildman–Crippen MR) is 102 cm³/mol. The molecule has 3 rings (SSSR count). The van der Waals surface area contributed by atoms with Gasteiger partial charge in [0.15, 0.2) is 0 Å². The Morgan fingerprint density at radius 1 is 1.00 bits per heavy atom.